The monoisotopic (exact) mass is 577 g/mol. The fourth-order valence-electron chi connectivity index (χ4n) is 4.34. The van der Waals surface area contributed by atoms with Crippen molar-refractivity contribution in [2.75, 3.05) is 50.8 Å². The summed E-state index contributed by atoms with van der Waals surface area (Å²) in [5, 5.41) is 6.32. The number of anilines is 1. The normalized spacial score (nSPS) is 18.4. The molecule has 2 aliphatic heterocycles. The number of nitrogens with one attached hydrogen (secondary N) is 2. The Bertz CT molecular complexity index is 923. The Morgan fingerprint density at radius 3 is 2.65 bits per heavy atom. The number of amides is 1. The molecular weight excluding hydrogens is 541 g/mol. The van der Waals surface area contributed by atoms with Crippen molar-refractivity contribution in [1.29, 1.82) is 0 Å². The summed E-state index contributed by atoms with van der Waals surface area (Å²) in [5.41, 5.74) is 3.47. The van der Waals surface area contributed by atoms with E-state index in [0.29, 0.717) is 32.2 Å². The second kappa shape index (κ2) is 13.5. The average Bonchev–Trinajstić information content (AvgIpc) is 3.31. The molecule has 1 amide bonds. The van der Waals surface area contributed by atoms with Crippen LogP contribution in [0.1, 0.15) is 24.5 Å². The lowest BCUT2D eigenvalue weighted by molar-refractivity contribution is -0.120. The van der Waals surface area contributed by atoms with Crippen LogP contribution < -0.4 is 15.5 Å². The van der Waals surface area contributed by atoms with Crippen LogP contribution in [0, 0.1) is 5.92 Å². The number of halogens is 1. The second-order valence-electron chi connectivity index (χ2n) is 8.71. The molecule has 0 aliphatic carbocycles. The molecule has 2 aromatic carbocycles. The van der Waals surface area contributed by atoms with Crippen molar-refractivity contribution in [3.63, 3.8) is 0 Å². The van der Waals surface area contributed by atoms with E-state index in [4.69, 9.17) is 9.73 Å². The minimum absolute atomic E-state index is 0. The van der Waals surface area contributed by atoms with Gasteiger partial charge in [-0.2, -0.15) is 0 Å². The minimum atomic E-state index is 0. The first kappa shape index (κ1) is 26.3. The number of ether oxygens (including phenoxy) is 1. The van der Waals surface area contributed by atoms with E-state index in [1.54, 1.807) is 0 Å². The highest BCUT2D eigenvalue weighted by atomic mass is 127. The van der Waals surface area contributed by atoms with Gasteiger partial charge in [0.25, 0.3) is 0 Å². The second-order valence-corrected chi connectivity index (χ2v) is 8.71. The Morgan fingerprint density at radius 2 is 1.91 bits per heavy atom. The van der Waals surface area contributed by atoms with Gasteiger partial charge in [-0.3, -0.25) is 4.79 Å². The van der Waals surface area contributed by atoms with Gasteiger partial charge in [0, 0.05) is 44.3 Å². The van der Waals surface area contributed by atoms with Crippen molar-refractivity contribution < 1.29 is 9.53 Å². The average molecular weight is 578 g/mol. The number of hydrogen-bond donors (Lipinski definition) is 2. The van der Waals surface area contributed by atoms with Crippen LogP contribution in [0.15, 0.2) is 59.6 Å². The molecule has 2 saturated heterocycles. The number of benzene rings is 2. The van der Waals surface area contributed by atoms with E-state index in [-0.39, 0.29) is 29.9 Å². The number of carbonyl (C=O) groups is 1. The number of nitrogens with zero attached hydrogens (tertiary/aromatic N) is 3. The number of hydrogen-bond acceptors (Lipinski definition) is 4. The van der Waals surface area contributed by atoms with Crippen molar-refractivity contribution in [3.8, 4) is 0 Å². The van der Waals surface area contributed by atoms with Crippen molar-refractivity contribution in [2.24, 2.45) is 10.9 Å². The van der Waals surface area contributed by atoms with Crippen LogP contribution in [0.5, 0.6) is 0 Å². The van der Waals surface area contributed by atoms with Crippen LogP contribution in [0.2, 0.25) is 0 Å². The highest BCUT2D eigenvalue weighted by Gasteiger charge is 2.25. The van der Waals surface area contributed by atoms with Crippen molar-refractivity contribution in [3.05, 3.63) is 65.7 Å². The van der Waals surface area contributed by atoms with Crippen LogP contribution in [0.25, 0.3) is 0 Å². The molecule has 7 nitrogen and oxygen atoms in total. The van der Waals surface area contributed by atoms with Gasteiger partial charge in [0.2, 0.25) is 5.91 Å². The van der Waals surface area contributed by atoms with Gasteiger partial charge in [-0.1, -0.05) is 42.5 Å². The number of piperazine rings is 1. The number of carbonyl (C=O) groups excluding carboxylic acids is 1. The van der Waals surface area contributed by atoms with Gasteiger partial charge >= 0.3 is 0 Å². The van der Waals surface area contributed by atoms with Crippen LogP contribution >= 0.6 is 24.0 Å². The fourth-order valence-corrected chi connectivity index (χ4v) is 4.34. The third-order valence-electron chi connectivity index (χ3n) is 6.14. The molecule has 2 fully saturated rings. The molecule has 1 atom stereocenters. The Labute approximate surface area is 220 Å². The predicted molar refractivity (Wildman–Crippen MR) is 148 cm³/mol. The number of aliphatic imine (C=N–C) groups is 1. The zero-order chi connectivity index (χ0) is 22.9. The molecule has 2 heterocycles. The largest absolute Gasteiger partial charge is 0.376 e. The van der Waals surface area contributed by atoms with Gasteiger partial charge in [-0.15, -0.1) is 24.0 Å². The van der Waals surface area contributed by atoms with E-state index in [1.807, 2.05) is 6.07 Å². The van der Waals surface area contributed by atoms with Crippen molar-refractivity contribution in [2.45, 2.75) is 26.5 Å². The van der Waals surface area contributed by atoms with Crippen LogP contribution in [-0.2, 0) is 22.7 Å². The molecule has 2 N–H and O–H groups in total. The third-order valence-corrected chi connectivity index (χ3v) is 6.14. The Kier molecular flexibility index (Phi) is 10.5. The molecule has 184 valence electrons. The highest BCUT2D eigenvalue weighted by molar-refractivity contribution is 14.0. The maximum absolute atomic E-state index is 11.6. The van der Waals surface area contributed by atoms with Crippen molar-refractivity contribution >= 4 is 41.5 Å². The molecule has 2 aliphatic rings. The van der Waals surface area contributed by atoms with Gasteiger partial charge in [0.1, 0.15) is 0 Å². The lowest BCUT2D eigenvalue weighted by Crippen LogP contribution is -2.47. The lowest BCUT2D eigenvalue weighted by Gasteiger charge is -2.28. The smallest absolute Gasteiger partial charge is 0.239 e. The number of guanidine groups is 1. The standard InChI is InChI=1S/C26H35N5O2.HI/c1-2-27-26(31-14-12-23(17-31)20-33-19-22-6-4-3-5-7-22)29-16-21-8-10-24(11-9-21)30-15-13-28-25(32)18-30;/h3-11,23H,2,12-20H2,1H3,(H,27,29)(H,28,32);1H. The number of likely N-dealkylation sites (tertiary alicyclic amines) is 1. The highest BCUT2D eigenvalue weighted by Crippen LogP contribution is 2.19. The van der Waals surface area contributed by atoms with Crippen molar-refractivity contribution in [1.82, 2.24) is 15.5 Å². The van der Waals surface area contributed by atoms with E-state index < -0.39 is 0 Å². The third kappa shape index (κ3) is 7.59. The van der Waals surface area contributed by atoms with Crippen LogP contribution in [0.4, 0.5) is 5.69 Å². The minimum Gasteiger partial charge on any atom is -0.376 e. The van der Waals surface area contributed by atoms with E-state index in [0.717, 1.165) is 56.4 Å². The first-order valence-corrected chi connectivity index (χ1v) is 12.0. The molecule has 2 aromatic rings. The summed E-state index contributed by atoms with van der Waals surface area (Å²) in [4.78, 5) is 21.0. The van der Waals surface area contributed by atoms with Gasteiger partial charge in [-0.25, -0.2) is 4.99 Å². The Morgan fingerprint density at radius 1 is 1.12 bits per heavy atom. The summed E-state index contributed by atoms with van der Waals surface area (Å²) < 4.78 is 5.97. The Hall–Kier alpha value is -2.33. The van der Waals surface area contributed by atoms with Gasteiger partial charge in [0.15, 0.2) is 5.96 Å². The molecule has 1 unspecified atom stereocenters. The van der Waals surface area contributed by atoms with Gasteiger partial charge < -0.3 is 25.2 Å². The summed E-state index contributed by atoms with van der Waals surface area (Å²) in [6.45, 7) is 8.98. The summed E-state index contributed by atoms with van der Waals surface area (Å²) in [7, 11) is 0. The lowest BCUT2D eigenvalue weighted by atomic mass is 10.1. The summed E-state index contributed by atoms with van der Waals surface area (Å²) in [6, 6.07) is 18.7. The van der Waals surface area contributed by atoms with E-state index >= 15 is 0 Å². The Balaban J connectivity index is 0.00000324. The zero-order valence-corrected chi connectivity index (χ0v) is 22.2. The summed E-state index contributed by atoms with van der Waals surface area (Å²) in [6.07, 6.45) is 1.12. The molecule has 8 heteroatoms. The number of rotatable bonds is 8. The molecule has 4 rings (SSSR count). The van der Waals surface area contributed by atoms with Crippen LogP contribution in [0.3, 0.4) is 0 Å². The quantitative estimate of drug-likeness (QED) is 0.287. The summed E-state index contributed by atoms with van der Waals surface area (Å²) >= 11 is 0. The maximum atomic E-state index is 11.6. The molecule has 34 heavy (non-hydrogen) atoms. The topological polar surface area (TPSA) is 69.2 Å². The first-order valence-electron chi connectivity index (χ1n) is 12.0. The maximum Gasteiger partial charge on any atom is 0.239 e. The van der Waals surface area contributed by atoms with Gasteiger partial charge in [0.05, 0.1) is 26.3 Å². The molecular formula is C26H36IN5O2. The molecule has 0 aromatic heterocycles. The summed E-state index contributed by atoms with van der Waals surface area (Å²) in [5.74, 6) is 1.58. The molecule has 0 radical (unpaired) electrons. The molecule has 0 saturated carbocycles. The zero-order valence-electron chi connectivity index (χ0n) is 19.9. The van der Waals surface area contributed by atoms with E-state index in [9.17, 15) is 4.79 Å². The molecule has 0 spiro atoms. The first-order chi connectivity index (χ1) is 16.2. The van der Waals surface area contributed by atoms with Gasteiger partial charge in [-0.05, 0) is 36.6 Å². The predicted octanol–water partition coefficient (Wildman–Crippen LogP) is 3.25. The van der Waals surface area contributed by atoms with E-state index in [2.05, 4.69) is 75.9 Å². The fraction of sp³-hybridized carbons (Fsp3) is 0.462. The molecule has 0 bridgehead atoms. The SMILES string of the molecule is CCNC(=NCc1ccc(N2CCNC(=O)C2)cc1)N1CCC(COCc2ccccc2)C1.I. The van der Waals surface area contributed by atoms with E-state index in [1.165, 1.54) is 5.56 Å². The van der Waals surface area contributed by atoms with Crippen LogP contribution in [-0.4, -0.2) is 62.6 Å².